The summed E-state index contributed by atoms with van der Waals surface area (Å²) in [5.41, 5.74) is 11.7. The molecular weight excluding hydrogens is 316 g/mol. The molecule has 2 heterocycles. The van der Waals surface area contributed by atoms with Crippen LogP contribution in [0.2, 0.25) is 0 Å². The van der Waals surface area contributed by atoms with Crippen LogP contribution in [0.4, 0.5) is 11.4 Å². The van der Waals surface area contributed by atoms with Crippen LogP contribution < -0.4 is 10.6 Å². The summed E-state index contributed by atoms with van der Waals surface area (Å²) in [6.45, 7) is 3.94. The van der Waals surface area contributed by atoms with E-state index >= 15 is 0 Å². The van der Waals surface area contributed by atoms with Crippen molar-refractivity contribution in [2.24, 2.45) is 7.05 Å². The van der Waals surface area contributed by atoms with Crippen LogP contribution >= 0.6 is 15.9 Å². The van der Waals surface area contributed by atoms with Crippen molar-refractivity contribution in [2.45, 2.75) is 26.3 Å². The van der Waals surface area contributed by atoms with Gasteiger partial charge in [-0.15, -0.1) is 0 Å². The lowest BCUT2D eigenvalue weighted by molar-refractivity contribution is 0.642. The summed E-state index contributed by atoms with van der Waals surface area (Å²) >= 11 is 3.65. The zero-order chi connectivity index (χ0) is 14.3. The van der Waals surface area contributed by atoms with E-state index in [-0.39, 0.29) is 0 Å². The predicted octanol–water partition coefficient (Wildman–Crippen LogP) is 3.03. The molecule has 106 valence electrons. The van der Waals surface area contributed by atoms with Crippen molar-refractivity contribution in [3.05, 3.63) is 39.6 Å². The lowest BCUT2D eigenvalue weighted by Crippen LogP contribution is -2.30. The van der Waals surface area contributed by atoms with Gasteiger partial charge in [0.2, 0.25) is 0 Å². The highest BCUT2D eigenvalue weighted by atomic mass is 79.9. The van der Waals surface area contributed by atoms with Crippen molar-refractivity contribution >= 4 is 27.3 Å². The Kier molecular flexibility index (Phi) is 3.46. The van der Waals surface area contributed by atoms with E-state index in [1.165, 1.54) is 23.4 Å². The Labute approximate surface area is 127 Å². The molecule has 4 nitrogen and oxygen atoms in total. The summed E-state index contributed by atoms with van der Waals surface area (Å²) < 4.78 is 3.07. The second kappa shape index (κ2) is 5.13. The molecule has 3 rings (SSSR count). The largest absolute Gasteiger partial charge is 0.399 e. The Balaban J connectivity index is 1.95. The molecule has 1 aromatic carbocycles. The van der Waals surface area contributed by atoms with Gasteiger partial charge in [-0.25, -0.2) is 0 Å². The lowest BCUT2D eigenvalue weighted by atomic mass is 10.0. The van der Waals surface area contributed by atoms with Crippen LogP contribution in [-0.4, -0.2) is 16.3 Å². The van der Waals surface area contributed by atoms with Crippen LogP contribution in [0.1, 0.15) is 23.4 Å². The zero-order valence-electron chi connectivity index (χ0n) is 11.9. The molecule has 0 saturated carbocycles. The number of halogens is 1. The lowest BCUT2D eigenvalue weighted by Gasteiger charge is -2.31. The molecular formula is C15H19BrN4. The number of anilines is 2. The molecule has 0 amide bonds. The van der Waals surface area contributed by atoms with Crippen molar-refractivity contribution in [3.63, 3.8) is 0 Å². The molecule has 2 aromatic rings. The fourth-order valence-corrected chi connectivity index (χ4v) is 3.33. The number of nitrogens with two attached hydrogens (primary N) is 1. The molecule has 5 heteroatoms. The van der Waals surface area contributed by atoms with Gasteiger partial charge >= 0.3 is 0 Å². The summed E-state index contributed by atoms with van der Waals surface area (Å²) in [5, 5.41) is 4.47. The van der Waals surface area contributed by atoms with Crippen molar-refractivity contribution in [3.8, 4) is 0 Å². The molecule has 1 aliphatic rings. The van der Waals surface area contributed by atoms with Gasteiger partial charge in [0.25, 0.3) is 0 Å². The molecule has 0 spiro atoms. The van der Waals surface area contributed by atoms with Gasteiger partial charge in [0.1, 0.15) is 0 Å². The maximum atomic E-state index is 5.95. The van der Waals surface area contributed by atoms with E-state index in [1.807, 2.05) is 24.7 Å². The Bertz CT molecular complexity index is 648. The smallest absolute Gasteiger partial charge is 0.0739 e. The monoisotopic (exact) mass is 334 g/mol. The average molecular weight is 335 g/mol. The molecule has 0 saturated heterocycles. The molecule has 1 aromatic heterocycles. The van der Waals surface area contributed by atoms with E-state index in [1.54, 1.807) is 0 Å². The number of benzene rings is 1. The molecule has 0 unspecified atom stereocenters. The van der Waals surface area contributed by atoms with Crippen LogP contribution in [0, 0.1) is 6.92 Å². The van der Waals surface area contributed by atoms with Gasteiger partial charge in [-0.1, -0.05) is 6.07 Å². The highest BCUT2D eigenvalue weighted by Crippen LogP contribution is 2.31. The van der Waals surface area contributed by atoms with Gasteiger partial charge in [0.05, 0.1) is 22.4 Å². The van der Waals surface area contributed by atoms with E-state index in [4.69, 9.17) is 5.73 Å². The fraction of sp³-hybridized carbons (Fsp3) is 0.400. The first-order chi connectivity index (χ1) is 9.56. The number of fused-ring (bicyclic) bond motifs is 1. The van der Waals surface area contributed by atoms with Crippen LogP contribution in [0.15, 0.2) is 22.7 Å². The summed E-state index contributed by atoms with van der Waals surface area (Å²) in [7, 11) is 2.00. The molecule has 20 heavy (non-hydrogen) atoms. The topological polar surface area (TPSA) is 47.1 Å². The number of nitrogen functional groups attached to an aromatic ring is 1. The van der Waals surface area contributed by atoms with Crippen molar-refractivity contribution in [1.29, 1.82) is 0 Å². The Morgan fingerprint density at radius 3 is 2.90 bits per heavy atom. The van der Waals surface area contributed by atoms with Crippen LogP contribution in [0.25, 0.3) is 0 Å². The van der Waals surface area contributed by atoms with E-state index in [0.717, 1.165) is 35.4 Å². The van der Waals surface area contributed by atoms with Gasteiger partial charge in [-0.3, -0.25) is 4.68 Å². The van der Waals surface area contributed by atoms with Crippen LogP contribution in [-0.2, 0) is 20.0 Å². The Morgan fingerprint density at radius 2 is 2.20 bits per heavy atom. The van der Waals surface area contributed by atoms with Gasteiger partial charge in [0.15, 0.2) is 0 Å². The number of hydrogen-bond acceptors (Lipinski definition) is 3. The molecule has 1 aliphatic heterocycles. The third-order valence-electron chi connectivity index (χ3n) is 3.93. The first kappa shape index (κ1) is 13.5. The normalized spacial score (nSPS) is 14.4. The van der Waals surface area contributed by atoms with E-state index in [9.17, 15) is 0 Å². The third-order valence-corrected chi connectivity index (χ3v) is 4.96. The van der Waals surface area contributed by atoms with Gasteiger partial charge in [-0.2, -0.15) is 5.10 Å². The van der Waals surface area contributed by atoms with Crippen LogP contribution in [0.3, 0.4) is 0 Å². The minimum Gasteiger partial charge on any atom is -0.399 e. The van der Waals surface area contributed by atoms with E-state index < -0.39 is 0 Å². The van der Waals surface area contributed by atoms with Crippen molar-refractivity contribution in [1.82, 2.24) is 9.78 Å². The third kappa shape index (κ3) is 2.30. The fourth-order valence-electron chi connectivity index (χ4n) is 2.86. The molecule has 0 bridgehead atoms. The molecule has 0 aliphatic carbocycles. The van der Waals surface area contributed by atoms with E-state index in [2.05, 4.69) is 38.1 Å². The summed E-state index contributed by atoms with van der Waals surface area (Å²) in [4.78, 5) is 2.40. The highest BCUT2D eigenvalue weighted by molar-refractivity contribution is 9.10. The van der Waals surface area contributed by atoms with Gasteiger partial charge in [0, 0.05) is 25.0 Å². The minimum absolute atomic E-state index is 0.830. The zero-order valence-corrected chi connectivity index (χ0v) is 13.4. The summed E-state index contributed by atoms with van der Waals surface area (Å²) in [6, 6.07) is 6.23. The number of hydrogen-bond donors (Lipinski definition) is 1. The minimum atomic E-state index is 0.830. The van der Waals surface area contributed by atoms with Gasteiger partial charge < -0.3 is 10.6 Å². The first-order valence-corrected chi connectivity index (χ1v) is 7.67. The van der Waals surface area contributed by atoms with Crippen molar-refractivity contribution in [2.75, 3.05) is 17.2 Å². The standard InChI is InChI=1S/C15H19BrN4/c1-10-15(16)14(19(2)18-10)9-20-7-3-4-11-5-6-12(17)8-13(11)20/h5-6,8H,3-4,7,9,17H2,1-2H3. The second-order valence-electron chi connectivity index (χ2n) is 5.38. The Morgan fingerprint density at radius 1 is 1.40 bits per heavy atom. The second-order valence-corrected chi connectivity index (χ2v) is 6.18. The highest BCUT2D eigenvalue weighted by Gasteiger charge is 2.20. The number of aryl methyl sites for hydroxylation is 3. The number of nitrogens with zero attached hydrogens (tertiary/aromatic N) is 3. The maximum Gasteiger partial charge on any atom is 0.0739 e. The van der Waals surface area contributed by atoms with Crippen LogP contribution in [0.5, 0.6) is 0 Å². The molecule has 0 fully saturated rings. The molecule has 0 radical (unpaired) electrons. The predicted molar refractivity (Wildman–Crippen MR) is 85.9 cm³/mol. The van der Waals surface area contributed by atoms with Gasteiger partial charge in [-0.05, 0) is 53.4 Å². The van der Waals surface area contributed by atoms with Crippen molar-refractivity contribution < 1.29 is 0 Å². The Hall–Kier alpha value is -1.49. The summed E-state index contributed by atoms with van der Waals surface area (Å²) in [5.74, 6) is 0. The quantitative estimate of drug-likeness (QED) is 0.858. The molecule has 2 N–H and O–H groups in total. The SMILES string of the molecule is Cc1nn(C)c(CN2CCCc3ccc(N)cc32)c1Br. The molecule has 0 atom stereocenters. The number of aromatic nitrogens is 2. The first-order valence-electron chi connectivity index (χ1n) is 6.87. The average Bonchev–Trinajstić information content (AvgIpc) is 2.66. The maximum absolute atomic E-state index is 5.95. The summed E-state index contributed by atoms with van der Waals surface area (Å²) in [6.07, 6.45) is 2.32. The number of rotatable bonds is 2. The van der Waals surface area contributed by atoms with E-state index in [0.29, 0.717) is 0 Å².